The molecule has 5 aromatic rings. The molecule has 3 N–H and O–H groups in total. The van der Waals surface area contributed by atoms with Crippen molar-refractivity contribution in [3.63, 3.8) is 0 Å². The summed E-state index contributed by atoms with van der Waals surface area (Å²) in [5.74, 6) is 1.13. The third kappa shape index (κ3) is 5.66. The van der Waals surface area contributed by atoms with Crippen LogP contribution in [0.25, 0.3) is 16.7 Å². The van der Waals surface area contributed by atoms with Crippen molar-refractivity contribution in [1.82, 2.24) is 20.3 Å². The molecule has 192 valence electrons. The van der Waals surface area contributed by atoms with Crippen molar-refractivity contribution in [2.45, 2.75) is 6.61 Å². The fourth-order valence-corrected chi connectivity index (χ4v) is 4.02. The van der Waals surface area contributed by atoms with Gasteiger partial charge >= 0.3 is 0 Å². The second-order valence-corrected chi connectivity index (χ2v) is 8.64. The monoisotopic (exact) mass is 528 g/mol. The Balaban J connectivity index is 1.21. The number of hydroxylamine groups is 1. The molecule has 0 saturated heterocycles. The number of nitrogens with one attached hydrogen (secondary N) is 2. The molecule has 0 aliphatic heterocycles. The lowest BCUT2D eigenvalue weighted by Gasteiger charge is -2.10. The van der Waals surface area contributed by atoms with Crippen LogP contribution in [0.3, 0.4) is 0 Å². The molecule has 2 aromatic heterocycles. The lowest BCUT2D eigenvalue weighted by molar-refractivity contribution is 0.0918. The maximum Gasteiger partial charge on any atom is 0.287 e. The Hall–Kier alpha value is -4.67. The molecule has 5 rings (SSSR count). The third-order valence-corrected chi connectivity index (χ3v) is 6.13. The highest BCUT2D eigenvalue weighted by Gasteiger charge is 2.21. The number of ether oxygens (including phenoxy) is 2. The third-order valence-electron chi connectivity index (χ3n) is 5.80. The minimum Gasteiger partial charge on any atom is -0.492 e. The molecule has 0 atom stereocenters. The molecule has 0 aliphatic rings. The van der Waals surface area contributed by atoms with Gasteiger partial charge in [0.1, 0.15) is 35.3 Å². The van der Waals surface area contributed by atoms with Crippen molar-refractivity contribution < 1.29 is 23.9 Å². The minimum absolute atomic E-state index is 0.164. The summed E-state index contributed by atoms with van der Waals surface area (Å²) < 4.78 is 19.5. The largest absolute Gasteiger partial charge is 0.492 e. The number of thiocarbonyl (C=S) groups is 1. The normalized spacial score (nSPS) is 10.8. The fourth-order valence-electron chi connectivity index (χ4n) is 3.89. The summed E-state index contributed by atoms with van der Waals surface area (Å²) >= 11 is 4.98. The predicted octanol–water partition coefficient (Wildman–Crippen LogP) is 4.66. The van der Waals surface area contributed by atoms with Crippen molar-refractivity contribution in [2.24, 2.45) is 0 Å². The lowest BCUT2D eigenvalue weighted by Crippen LogP contribution is -2.28. The molecule has 10 heteroatoms. The second-order valence-electron chi connectivity index (χ2n) is 8.23. The van der Waals surface area contributed by atoms with Gasteiger partial charge in [0, 0.05) is 34.6 Å². The van der Waals surface area contributed by atoms with Crippen molar-refractivity contribution in [1.29, 1.82) is 0 Å². The van der Waals surface area contributed by atoms with Gasteiger partial charge in [-0.1, -0.05) is 30.4 Å². The Kier molecular flexibility index (Phi) is 7.62. The zero-order valence-corrected chi connectivity index (χ0v) is 21.0. The second kappa shape index (κ2) is 11.6. The number of imidazole rings is 1. The van der Waals surface area contributed by atoms with E-state index in [0.717, 1.165) is 11.1 Å². The highest BCUT2D eigenvalue weighted by Crippen LogP contribution is 2.27. The van der Waals surface area contributed by atoms with E-state index < -0.39 is 0 Å². The van der Waals surface area contributed by atoms with E-state index in [-0.39, 0.29) is 36.4 Å². The van der Waals surface area contributed by atoms with Crippen LogP contribution >= 0.6 is 12.2 Å². The summed E-state index contributed by atoms with van der Waals surface area (Å²) in [6.07, 6.45) is 5.32. The van der Waals surface area contributed by atoms with Crippen molar-refractivity contribution in [3.05, 3.63) is 108 Å². The van der Waals surface area contributed by atoms with Gasteiger partial charge in [-0.25, -0.2) is 4.98 Å². The van der Waals surface area contributed by atoms with Crippen molar-refractivity contribution in [3.8, 4) is 17.2 Å². The van der Waals surface area contributed by atoms with Gasteiger partial charge in [-0.15, -0.1) is 0 Å². The average molecular weight is 529 g/mol. The van der Waals surface area contributed by atoms with Gasteiger partial charge in [0.15, 0.2) is 5.76 Å². The number of hydrogen-bond donors (Lipinski definition) is 3. The van der Waals surface area contributed by atoms with Crippen LogP contribution in [0.4, 0.5) is 0 Å². The van der Waals surface area contributed by atoms with E-state index in [1.807, 2.05) is 64.8 Å². The van der Waals surface area contributed by atoms with Gasteiger partial charge in [0.2, 0.25) is 0 Å². The van der Waals surface area contributed by atoms with Crippen LogP contribution in [0.2, 0.25) is 0 Å². The number of fused-ring (bicyclic) bond motifs is 1. The summed E-state index contributed by atoms with van der Waals surface area (Å²) in [5, 5.41) is 12.6. The Morgan fingerprint density at radius 2 is 1.74 bits per heavy atom. The molecule has 0 aliphatic carbocycles. The number of aromatic nitrogens is 2. The summed E-state index contributed by atoms with van der Waals surface area (Å²) in [7, 11) is 0. The first-order valence-electron chi connectivity index (χ1n) is 11.8. The maximum absolute atomic E-state index is 13.0. The lowest BCUT2D eigenvalue weighted by atomic mass is 10.1. The molecular weight excluding hydrogens is 504 g/mol. The molecule has 3 aromatic carbocycles. The van der Waals surface area contributed by atoms with Gasteiger partial charge in [-0.3, -0.25) is 15.5 Å². The van der Waals surface area contributed by atoms with Crippen LogP contribution in [0.5, 0.6) is 11.5 Å². The molecule has 9 nitrogen and oxygen atoms in total. The first kappa shape index (κ1) is 25.0. The minimum atomic E-state index is -0.353. The first-order chi connectivity index (χ1) is 18.6. The van der Waals surface area contributed by atoms with Gasteiger partial charge < -0.3 is 23.8 Å². The van der Waals surface area contributed by atoms with Crippen molar-refractivity contribution in [2.75, 3.05) is 13.2 Å². The van der Waals surface area contributed by atoms with Crippen LogP contribution in [-0.2, 0) is 6.61 Å². The Morgan fingerprint density at radius 1 is 1.00 bits per heavy atom. The number of nitrogens with zero attached hydrogens (tertiary/aromatic N) is 2. The predicted molar refractivity (Wildman–Crippen MR) is 145 cm³/mol. The number of carbonyl (C=O) groups excluding carboxylic acids is 1. The van der Waals surface area contributed by atoms with E-state index in [1.54, 1.807) is 36.8 Å². The maximum atomic E-state index is 13.0. The topological polar surface area (TPSA) is 111 Å². The Labute approximate surface area is 223 Å². The molecule has 2 heterocycles. The molecule has 1 amide bonds. The molecular formula is C28H24N4O5S. The van der Waals surface area contributed by atoms with Crippen LogP contribution in [0, 0.1) is 0 Å². The van der Waals surface area contributed by atoms with Crippen LogP contribution in [0.15, 0.2) is 95.9 Å². The van der Waals surface area contributed by atoms with Crippen LogP contribution in [-0.4, -0.2) is 38.8 Å². The van der Waals surface area contributed by atoms with E-state index in [9.17, 15) is 4.79 Å². The standard InChI is InChI=1S/C28H24N4O5S/c33-27(30-14-16-35-21-9-5-19(6-10-21)28(38)31-34)26-24(23-3-1-2-4-25(23)37-26)17-36-22-11-7-20(8-12-22)32-15-13-29-18-32/h1-13,15,18,34H,14,16-17H2,(H,30,33)(H,31,38). The number of benzene rings is 3. The molecule has 0 fully saturated rings. The number of hydrogen-bond acceptors (Lipinski definition) is 7. The summed E-state index contributed by atoms with van der Waals surface area (Å²) in [4.78, 5) is 17.3. The quantitative estimate of drug-likeness (QED) is 0.136. The number of amides is 1. The highest BCUT2D eigenvalue weighted by molar-refractivity contribution is 7.80. The van der Waals surface area contributed by atoms with Gasteiger partial charge in [-0.2, -0.15) is 0 Å². The van der Waals surface area contributed by atoms with Crippen LogP contribution < -0.4 is 20.3 Å². The van der Waals surface area contributed by atoms with E-state index in [0.29, 0.717) is 28.2 Å². The molecule has 0 unspecified atom stereocenters. The number of para-hydroxylation sites is 1. The molecule has 0 spiro atoms. The van der Waals surface area contributed by atoms with Gasteiger partial charge in [-0.05, 0) is 54.6 Å². The van der Waals surface area contributed by atoms with E-state index in [4.69, 9.17) is 31.3 Å². The average Bonchev–Trinajstić information content (AvgIpc) is 3.63. The number of rotatable bonds is 10. The SMILES string of the molecule is O=C(NCCOc1ccc(C(=S)NO)cc1)c1oc2ccccc2c1COc1ccc(-n2ccnc2)cc1. The van der Waals surface area contributed by atoms with Gasteiger partial charge in [0.25, 0.3) is 5.91 Å². The zero-order valence-electron chi connectivity index (χ0n) is 20.2. The Bertz CT molecular complexity index is 1530. The van der Waals surface area contributed by atoms with Crippen molar-refractivity contribution >= 4 is 34.1 Å². The Morgan fingerprint density at radius 3 is 2.47 bits per heavy atom. The van der Waals surface area contributed by atoms with Gasteiger partial charge in [0.05, 0.1) is 12.9 Å². The fraction of sp³-hybridized carbons (Fsp3) is 0.107. The van der Waals surface area contributed by atoms with E-state index in [2.05, 4.69) is 10.3 Å². The number of furan rings is 1. The number of carbonyl (C=O) groups is 1. The summed E-state index contributed by atoms with van der Waals surface area (Å²) in [5.41, 5.74) is 4.85. The molecule has 38 heavy (non-hydrogen) atoms. The first-order valence-corrected chi connectivity index (χ1v) is 12.2. The van der Waals surface area contributed by atoms with E-state index in [1.165, 1.54) is 0 Å². The van der Waals surface area contributed by atoms with E-state index >= 15 is 0 Å². The highest BCUT2D eigenvalue weighted by atomic mass is 32.1. The molecule has 0 radical (unpaired) electrons. The molecule has 0 bridgehead atoms. The summed E-state index contributed by atoms with van der Waals surface area (Å²) in [6, 6.07) is 22.0. The smallest absolute Gasteiger partial charge is 0.287 e. The zero-order chi connectivity index (χ0) is 26.3. The summed E-state index contributed by atoms with van der Waals surface area (Å²) in [6.45, 7) is 0.685. The molecule has 0 saturated carbocycles. The van der Waals surface area contributed by atoms with Crippen LogP contribution in [0.1, 0.15) is 21.7 Å².